The van der Waals surface area contributed by atoms with Gasteiger partial charge in [0.05, 0.1) is 30.5 Å². The van der Waals surface area contributed by atoms with Crippen molar-refractivity contribution in [3.05, 3.63) is 42.5 Å². The standard InChI is InChI=1S/C21H27N3O4S2/c1-27-19-11-7-6-10-18(19)24-30(25,26)16-12-13-17(20(14-16)28-2)23-21(29)22-15-8-4-3-5-9-15/h6-7,10-15,24H,3-5,8-9H2,1-2H3,(H2,22,23,29). The molecule has 3 N–H and O–H groups in total. The molecule has 0 saturated heterocycles. The first-order valence-corrected chi connectivity index (χ1v) is 11.7. The van der Waals surface area contributed by atoms with Crippen LogP contribution in [0.25, 0.3) is 0 Å². The smallest absolute Gasteiger partial charge is 0.262 e. The van der Waals surface area contributed by atoms with Crippen molar-refractivity contribution in [3.63, 3.8) is 0 Å². The molecular formula is C21H27N3O4S2. The van der Waals surface area contributed by atoms with Crippen molar-refractivity contribution < 1.29 is 17.9 Å². The molecule has 0 bridgehead atoms. The van der Waals surface area contributed by atoms with Gasteiger partial charge in [-0.05, 0) is 49.3 Å². The highest BCUT2D eigenvalue weighted by atomic mass is 32.2. The normalized spacial score (nSPS) is 14.6. The van der Waals surface area contributed by atoms with Crippen molar-refractivity contribution in [1.29, 1.82) is 0 Å². The minimum atomic E-state index is -3.83. The number of thiocarbonyl (C=S) groups is 1. The quantitative estimate of drug-likeness (QED) is 0.548. The van der Waals surface area contributed by atoms with Gasteiger partial charge < -0.3 is 20.1 Å². The molecule has 0 heterocycles. The van der Waals surface area contributed by atoms with Crippen LogP contribution in [0, 0.1) is 0 Å². The van der Waals surface area contributed by atoms with E-state index >= 15 is 0 Å². The summed E-state index contributed by atoms with van der Waals surface area (Å²) >= 11 is 5.42. The lowest BCUT2D eigenvalue weighted by Gasteiger charge is -2.24. The Kier molecular flexibility index (Phi) is 7.38. The van der Waals surface area contributed by atoms with E-state index in [0.717, 1.165) is 12.8 Å². The van der Waals surface area contributed by atoms with Gasteiger partial charge in [0, 0.05) is 12.1 Å². The number of methoxy groups -OCH3 is 2. The second-order valence-electron chi connectivity index (χ2n) is 7.10. The van der Waals surface area contributed by atoms with Gasteiger partial charge in [-0.3, -0.25) is 4.72 Å². The average molecular weight is 450 g/mol. The molecule has 162 valence electrons. The Morgan fingerprint density at radius 2 is 1.67 bits per heavy atom. The van der Waals surface area contributed by atoms with Crippen LogP contribution in [0.4, 0.5) is 11.4 Å². The van der Waals surface area contributed by atoms with Crippen LogP contribution in [0.1, 0.15) is 32.1 Å². The molecule has 7 nitrogen and oxygen atoms in total. The molecule has 0 aliphatic heterocycles. The zero-order chi connectivity index (χ0) is 21.6. The van der Waals surface area contributed by atoms with Gasteiger partial charge in [-0.15, -0.1) is 0 Å². The molecule has 0 unspecified atom stereocenters. The van der Waals surface area contributed by atoms with E-state index < -0.39 is 10.0 Å². The summed E-state index contributed by atoms with van der Waals surface area (Å²) in [6.07, 6.45) is 5.88. The Morgan fingerprint density at radius 1 is 0.967 bits per heavy atom. The predicted octanol–water partition coefficient (Wildman–Crippen LogP) is 4.12. The van der Waals surface area contributed by atoms with Crippen LogP contribution >= 0.6 is 12.2 Å². The molecule has 3 rings (SSSR count). The molecule has 30 heavy (non-hydrogen) atoms. The van der Waals surface area contributed by atoms with E-state index in [1.54, 1.807) is 30.3 Å². The van der Waals surface area contributed by atoms with Crippen LogP contribution in [0.5, 0.6) is 11.5 Å². The van der Waals surface area contributed by atoms with Gasteiger partial charge in [0.15, 0.2) is 5.11 Å². The molecule has 0 spiro atoms. The summed E-state index contributed by atoms with van der Waals surface area (Å²) < 4.78 is 38.9. The first kappa shape index (κ1) is 22.2. The number of ether oxygens (including phenoxy) is 2. The third kappa shape index (κ3) is 5.54. The number of anilines is 2. The molecule has 9 heteroatoms. The zero-order valence-corrected chi connectivity index (χ0v) is 18.7. The van der Waals surface area contributed by atoms with Crippen molar-refractivity contribution in [2.75, 3.05) is 24.3 Å². The Balaban J connectivity index is 1.74. The average Bonchev–Trinajstić information content (AvgIpc) is 2.74. The Morgan fingerprint density at radius 3 is 2.37 bits per heavy atom. The number of para-hydroxylation sites is 2. The maximum Gasteiger partial charge on any atom is 0.262 e. The first-order valence-electron chi connectivity index (χ1n) is 9.84. The fourth-order valence-electron chi connectivity index (χ4n) is 3.47. The topological polar surface area (TPSA) is 88.7 Å². The van der Waals surface area contributed by atoms with E-state index in [9.17, 15) is 8.42 Å². The van der Waals surface area contributed by atoms with Crippen LogP contribution < -0.4 is 24.8 Å². The summed E-state index contributed by atoms with van der Waals surface area (Å²) in [4.78, 5) is 0.0713. The van der Waals surface area contributed by atoms with Crippen molar-refractivity contribution in [2.45, 2.75) is 43.0 Å². The van der Waals surface area contributed by atoms with Gasteiger partial charge >= 0.3 is 0 Å². The van der Waals surface area contributed by atoms with E-state index in [1.807, 2.05) is 0 Å². The lowest BCUT2D eigenvalue weighted by molar-refractivity contribution is 0.412. The largest absolute Gasteiger partial charge is 0.495 e. The molecule has 1 fully saturated rings. The van der Waals surface area contributed by atoms with Crippen molar-refractivity contribution in [3.8, 4) is 11.5 Å². The first-order chi connectivity index (χ1) is 14.4. The van der Waals surface area contributed by atoms with Crippen LogP contribution in [0.15, 0.2) is 47.4 Å². The van der Waals surface area contributed by atoms with Crippen molar-refractivity contribution in [1.82, 2.24) is 5.32 Å². The number of sulfonamides is 1. The third-order valence-corrected chi connectivity index (χ3v) is 6.61. The maximum atomic E-state index is 12.9. The minimum Gasteiger partial charge on any atom is -0.495 e. The Labute approximate surface area is 183 Å². The number of hydrogen-bond acceptors (Lipinski definition) is 5. The monoisotopic (exact) mass is 449 g/mol. The SMILES string of the molecule is COc1cc(S(=O)(=O)Nc2ccccc2OC)ccc1NC(=S)NC1CCCCC1. The molecule has 0 atom stereocenters. The van der Waals surface area contributed by atoms with Gasteiger partial charge in [-0.1, -0.05) is 31.4 Å². The number of benzene rings is 2. The van der Waals surface area contributed by atoms with E-state index in [2.05, 4.69) is 15.4 Å². The van der Waals surface area contributed by atoms with E-state index in [1.165, 1.54) is 45.6 Å². The van der Waals surface area contributed by atoms with Crippen molar-refractivity contribution >= 4 is 38.7 Å². The lowest BCUT2D eigenvalue weighted by Crippen LogP contribution is -2.38. The van der Waals surface area contributed by atoms with Crippen molar-refractivity contribution in [2.24, 2.45) is 0 Å². The van der Waals surface area contributed by atoms with Gasteiger partial charge in [0.1, 0.15) is 11.5 Å². The Hall–Kier alpha value is -2.52. The van der Waals surface area contributed by atoms with Crippen LogP contribution in [-0.2, 0) is 10.0 Å². The minimum absolute atomic E-state index is 0.0713. The van der Waals surface area contributed by atoms with E-state index in [0.29, 0.717) is 34.0 Å². The molecule has 2 aromatic rings. The highest BCUT2D eigenvalue weighted by molar-refractivity contribution is 7.92. The molecular weight excluding hydrogens is 422 g/mol. The summed E-state index contributed by atoms with van der Waals surface area (Å²) in [6.45, 7) is 0. The lowest BCUT2D eigenvalue weighted by atomic mass is 9.96. The van der Waals surface area contributed by atoms with Crippen LogP contribution in [-0.4, -0.2) is 33.8 Å². The highest BCUT2D eigenvalue weighted by Gasteiger charge is 2.20. The van der Waals surface area contributed by atoms with Gasteiger partial charge in [0.2, 0.25) is 0 Å². The molecule has 0 aromatic heterocycles. The van der Waals surface area contributed by atoms with Gasteiger partial charge in [-0.2, -0.15) is 0 Å². The summed E-state index contributed by atoms with van der Waals surface area (Å²) in [6, 6.07) is 11.8. The van der Waals surface area contributed by atoms with Crippen LogP contribution in [0.3, 0.4) is 0 Å². The molecule has 0 amide bonds. The second kappa shape index (κ2) is 9.99. The Bertz CT molecular complexity index is 989. The van der Waals surface area contributed by atoms with Gasteiger partial charge in [-0.25, -0.2) is 8.42 Å². The second-order valence-corrected chi connectivity index (χ2v) is 9.19. The summed E-state index contributed by atoms with van der Waals surface area (Å²) in [5, 5.41) is 6.95. The molecule has 1 aliphatic rings. The number of hydrogen-bond donors (Lipinski definition) is 3. The summed E-state index contributed by atoms with van der Waals surface area (Å²) in [5.74, 6) is 0.816. The number of nitrogens with one attached hydrogen (secondary N) is 3. The predicted molar refractivity (Wildman–Crippen MR) is 123 cm³/mol. The fraction of sp³-hybridized carbons (Fsp3) is 0.381. The maximum absolute atomic E-state index is 12.9. The fourth-order valence-corrected chi connectivity index (χ4v) is 4.83. The molecule has 1 saturated carbocycles. The molecule has 2 aromatic carbocycles. The van der Waals surface area contributed by atoms with Crippen LogP contribution in [0.2, 0.25) is 0 Å². The van der Waals surface area contributed by atoms with E-state index in [4.69, 9.17) is 21.7 Å². The number of rotatable bonds is 7. The summed E-state index contributed by atoms with van der Waals surface area (Å²) in [7, 11) is -0.857. The summed E-state index contributed by atoms with van der Waals surface area (Å²) in [5.41, 5.74) is 0.959. The van der Waals surface area contributed by atoms with Gasteiger partial charge in [0.25, 0.3) is 10.0 Å². The van der Waals surface area contributed by atoms with E-state index in [-0.39, 0.29) is 4.90 Å². The third-order valence-electron chi connectivity index (χ3n) is 5.02. The molecule has 0 radical (unpaired) electrons. The highest BCUT2D eigenvalue weighted by Crippen LogP contribution is 2.31. The zero-order valence-electron chi connectivity index (χ0n) is 17.1. The molecule has 1 aliphatic carbocycles.